The van der Waals surface area contributed by atoms with Crippen molar-refractivity contribution in [2.75, 3.05) is 0 Å². The smallest absolute Gasteiger partial charge is 0.000504 e. The van der Waals surface area contributed by atoms with Gasteiger partial charge in [-0.25, -0.2) is 4.91 Å². The molecular formula is BClNO-. The van der Waals surface area contributed by atoms with E-state index in [4.69, 9.17) is 4.91 Å². The SMILES string of the molecule is O=N[B-]Cl. The lowest BCUT2D eigenvalue weighted by Crippen LogP contribution is -1.54. The zero-order valence-corrected chi connectivity index (χ0v) is 2.57. The minimum atomic E-state index is 0.667. The quantitative estimate of drug-likeness (QED) is 0.331. The molecule has 0 saturated heterocycles. The predicted molar refractivity (Wildman–Crippen MR) is 17.4 cm³/mol. The molecule has 0 aromatic carbocycles. The lowest BCUT2D eigenvalue weighted by atomic mass is 10.5. The van der Waals surface area contributed by atoms with E-state index in [0.717, 1.165) is 0 Å². The van der Waals surface area contributed by atoms with Gasteiger partial charge in [0.1, 0.15) is 0 Å². The molecule has 0 bridgehead atoms. The van der Waals surface area contributed by atoms with Crippen molar-refractivity contribution in [3.63, 3.8) is 0 Å². The highest BCUT2D eigenvalue weighted by Crippen LogP contribution is 1.61. The van der Waals surface area contributed by atoms with E-state index >= 15 is 0 Å². The van der Waals surface area contributed by atoms with Crippen LogP contribution in [0.15, 0.2) is 5.09 Å². The molecule has 0 aromatic heterocycles. The van der Waals surface area contributed by atoms with Crippen molar-refractivity contribution in [2.24, 2.45) is 5.09 Å². The monoisotopic (exact) mass is 76.0 g/mol. The van der Waals surface area contributed by atoms with E-state index in [1.165, 1.54) is 0 Å². The lowest BCUT2D eigenvalue weighted by Gasteiger charge is -1.73. The van der Waals surface area contributed by atoms with E-state index in [-0.39, 0.29) is 0 Å². The van der Waals surface area contributed by atoms with E-state index in [1.807, 2.05) is 0 Å². The third kappa shape index (κ3) is 1.95. The highest BCUT2D eigenvalue weighted by atomic mass is 35.5. The van der Waals surface area contributed by atoms with Gasteiger partial charge < -0.3 is 16.5 Å². The molecule has 0 amide bonds. The Labute approximate surface area is 29.3 Å². The molecule has 22 valence electrons. The molecule has 0 heterocycles. The Morgan fingerprint density at radius 1 is 2.00 bits per heavy atom. The van der Waals surface area contributed by atoms with Gasteiger partial charge in [-0.15, -0.1) is 0 Å². The van der Waals surface area contributed by atoms with Crippen molar-refractivity contribution in [3.05, 3.63) is 4.91 Å². The van der Waals surface area contributed by atoms with Crippen LogP contribution in [-0.2, 0) is 0 Å². The average molecular weight is 76.3 g/mol. The van der Waals surface area contributed by atoms with Crippen LogP contribution in [0.1, 0.15) is 0 Å². The van der Waals surface area contributed by atoms with Crippen LogP contribution in [0, 0.1) is 4.91 Å². The first kappa shape index (κ1) is 3.95. The van der Waals surface area contributed by atoms with E-state index in [0.29, 0.717) is 6.83 Å². The molecule has 0 N–H and O–H groups in total. The maximum absolute atomic E-state index is 8.74. The topological polar surface area (TPSA) is 29.4 Å². The van der Waals surface area contributed by atoms with Crippen LogP contribution >= 0.6 is 11.5 Å². The van der Waals surface area contributed by atoms with Gasteiger partial charge in [0, 0.05) is 0 Å². The number of halogens is 1. The molecule has 0 atom stereocenters. The molecule has 0 aromatic rings. The van der Waals surface area contributed by atoms with Gasteiger partial charge in [0.2, 0.25) is 0 Å². The Bertz CT molecular complexity index is 22.0. The maximum Gasteiger partial charge on any atom is -0.000504 e. The van der Waals surface area contributed by atoms with Crippen LogP contribution in [-0.4, -0.2) is 6.83 Å². The summed E-state index contributed by atoms with van der Waals surface area (Å²) >= 11 is 4.58. The van der Waals surface area contributed by atoms with Gasteiger partial charge in [0.05, 0.1) is 0 Å². The second-order valence-electron chi connectivity index (χ2n) is 0.203. The molecule has 2 nitrogen and oxygen atoms in total. The summed E-state index contributed by atoms with van der Waals surface area (Å²) in [6.45, 7) is 0.667. The third-order valence-electron chi connectivity index (χ3n) is 0.0398. The summed E-state index contributed by atoms with van der Waals surface area (Å²) in [4.78, 5) is 8.74. The largest absolute Gasteiger partial charge is 0.438 e. The predicted octanol–water partition coefficient (Wildman–Crippen LogP) is 0.526. The fourth-order valence-electron chi connectivity index (χ4n) is 0. The molecule has 2 radical (unpaired) electrons. The first-order valence-corrected chi connectivity index (χ1v) is 1.10. The highest BCUT2D eigenvalue weighted by Gasteiger charge is 1.32. The summed E-state index contributed by atoms with van der Waals surface area (Å²) in [6.07, 6.45) is 0. The number of hydrogen-bond acceptors (Lipinski definition) is 2. The van der Waals surface area contributed by atoms with E-state index < -0.39 is 0 Å². The van der Waals surface area contributed by atoms with Gasteiger partial charge in [0.25, 0.3) is 0 Å². The molecule has 4 heavy (non-hydrogen) atoms. The second-order valence-corrected chi connectivity index (χ2v) is 0.398. The lowest BCUT2D eigenvalue weighted by molar-refractivity contribution is 1.83. The van der Waals surface area contributed by atoms with Crippen molar-refractivity contribution < 1.29 is 0 Å². The van der Waals surface area contributed by atoms with Crippen molar-refractivity contribution in [1.82, 2.24) is 0 Å². The molecular weight excluding hydrogens is 76.3 g/mol. The fraction of sp³-hybridized carbons (Fsp3) is 0. The van der Waals surface area contributed by atoms with Gasteiger partial charge in [-0.2, -0.15) is 0 Å². The Morgan fingerprint density at radius 2 is 2.25 bits per heavy atom. The standard InChI is InChI=1S/BClNO/c2-1-3-4/q-1. The molecule has 4 heteroatoms. The third-order valence-corrected chi connectivity index (χ3v) is 0.120. The molecule has 0 unspecified atom stereocenters. The Kier molecular flexibility index (Phi) is 2.92. The summed E-state index contributed by atoms with van der Waals surface area (Å²) in [5.74, 6) is 0. The fourth-order valence-corrected chi connectivity index (χ4v) is 0. The summed E-state index contributed by atoms with van der Waals surface area (Å²) in [5, 5.41) is 2.13. The van der Waals surface area contributed by atoms with Crippen LogP contribution < -0.4 is 0 Å². The summed E-state index contributed by atoms with van der Waals surface area (Å²) in [5.41, 5.74) is 0. The van der Waals surface area contributed by atoms with Gasteiger partial charge in [-0.05, 0) is 6.83 Å². The minimum absolute atomic E-state index is 0.667. The Hall–Kier alpha value is -0.0451. The van der Waals surface area contributed by atoms with Crippen LogP contribution in [0.5, 0.6) is 0 Å². The van der Waals surface area contributed by atoms with E-state index in [1.54, 1.807) is 0 Å². The van der Waals surface area contributed by atoms with Crippen molar-refractivity contribution in [3.8, 4) is 0 Å². The van der Waals surface area contributed by atoms with Crippen LogP contribution in [0.2, 0.25) is 0 Å². The number of hydrogen-bond donors (Lipinski definition) is 0. The molecule has 0 rings (SSSR count). The molecule has 0 fully saturated rings. The zero-order valence-electron chi connectivity index (χ0n) is 1.81. The Morgan fingerprint density at radius 3 is 2.25 bits per heavy atom. The van der Waals surface area contributed by atoms with Gasteiger partial charge in [-0.1, -0.05) is 0 Å². The normalized spacial score (nSPS) is 6.25. The molecule has 0 saturated carbocycles. The molecule has 0 aliphatic rings. The van der Waals surface area contributed by atoms with Crippen molar-refractivity contribution in [2.45, 2.75) is 0 Å². The van der Waals surface area contributed by atoms with Gasteiger partial charge in [0.15, 0.2) is 0 Å². The Balaban J connectivity index is 2.30. The zero-order chi connectivity index (χ0) is 3.41. The first-order valence-electron chi connectivity index (χ1n) is 0.659. The number of rotatable bonds is 1. The number of nitroso groups, excluding NO2 is 1. The minimum Gasteiger partial charge on any atom is -0.438 e. The summed E-state index contributed by atoms with van der Waals surface area (Å²) in [7, 11) is 0. The molecule has 0 aliphatic carbocycles. The van der Waals surface area contributed by atoms with Crippen molar-refractivity contribution in [1.29, 1.82) is 0 Å². The van der Waals surface area contributed by atoms with Crippen molar-refractivity contribution >= 4 is 18.3 Å². The highest BCUT2D eigenvalue weighted by molar-refractivity contribution is 6.92. The van der Waals surface area contributed by atoms with Crippen LogP contribution in [0.3, 0.4) is 0 Å². The summed E-state index contributed by atoms with van der Waals surface area (Å²) in [6, 6.07) is 0. The van der Waals surface area contributed by atoms with Gasteiger partial charge >= 0.3 is 0 Å². The maximum atomic E-state index is 8.74. The van der Waals surface area contributed by atoms with Crippen LogP contribution in [0.4, 0.5) is 0 Å². The van der Waals surface area contributed by atoms with Crippen LogP contribution in [0.25, 0.3) is 0 Å². The van der Waals surface area contributed by atoms with Gasteiger partial charge in [-0.3, -0.25) is 0 Å². The average Bonchev–Trinajstić information content (AvgIpc) is 1.37. The summed E-state index contributed by atoms with van der Waals surface area (Å²) < 4.78 is 0. The van der Waals surface area contributed by atoms with E-state index in [2.05, 4.69) is 16.5 Å². The molecule has 0 spiro atoms. The first-order chi connectivity index (χ1) is 1.91. The number of nitrogens with zero attached hydrogens (tertiary/aromatic N) is 1. The second kappa shape index (κ2) is 2.95. The molecule has 0 aliphatic heterocycles. The van der Waals surface area contributed by atoms with E-state index in [9.17, 15) is 0 Å².